The molecule has 0 amide bonds. The van der Waals surface area contributed by atoms with Crippen LogP contribution in [0.2, 0.25) is 0 Å². The zero-order chi connectivity index (χ0) is 73.2. The van der Waals surface area contributed by atoms with Crippen molar-refractivity contribution in [3.8, 4) is 0 Å². The molecule has 0 spiro atoms. The number of aliphatic hydroxyl groups is 10. The molecule has 24 nitrogen and oxygen atoms in total. The maximum atomic E-state index is 14.3. The van der Waals surface area contributed by atoms with Gasteiger partial charge in [-0.15, -0.1) is 0 Å². The maximum Gasteiger partial charge on any atom is 0.472 e. The van der Waals surface area contributed by atoms with E-state index in [9.17, 15) is 74.9 Å². The predicted molar refractivity (Wildman–Crippen MR) is 379 cm³/mol. The number of esters is 3. The number of carbonyl (C=O) groups is 3. The molecule has 0 bridgehead atoms. The number of phosphoric ester groups is 1. The molecule has 0 aromatic rings. The van der Waals surface area contributed by atoms with Gasteiger partial charge in [0, 0.05) is 18.9 Å². The standard InChI is InChI=1S/C75H137O24P/c1-4-7-10-13-16-19-22-25-27-28-30-33-36-39-42-45-48-51-61(79)94-56(53-91-59(77)49-46-43-40-37-34-31-24-21-18-15-12-9-6-3)54-93-100(89,90)99-73-71(97-74-69(87)64(82)62(80)57(52-76)95-74)67(85)66(84)68(86)72(73)98-75-70(88)65(83)63(81)58(96-75)55-92-60(78)50-47-44-41-38-35-32-29-26-23-20-17-14-11-8-5-2/h41,44,47,50,56-58,62-76,80-88H,4-40,42-43,45-46,48-49,51-55H2,1-3H3,(H,89,90)/b44-41+,50-47+. The van der Waals surface area contributed by atoms with Gasteiger partial charge in [-0.3, -0.25) is 18.6 Å². The van der Waals surface area contributed by atoms with Gasteiger partial charge < -0.3 is 89.1 Å². The molecule has 18 atom stereocenters. The minimum Gasteiger partial charge on any atom is -0.462 e. The maximum absolute atomic E-state index is 14.3. The van der Waals surface area contributed by atoms with E-state index in [4.69, 9.17) is 42.2 Å². The number of rotatable bonds is 61. The minimum atomic E-state index is -5.70. The number of carbonyl (C=O) groups excluding carboxylic acids is 3. The number of allylic oxidation sites excluding steroid dienone is 3. The van der Waals surface area contributed by atoms with Crippen LogP contribution in [0.15, 0.2) is 24.3 Å². The van der Waals surface area contributed by atoms with Gasteiger partial charge in [-0.1, -0.05) is 283 Å². The quantitative estimate of drug-likeness (QED) is 0.00673. The Balaban J connectivity index is 1.73. The summed E-state index contributed by atoms with van der Waals surface area (Å²) in [6, 6.07) is 0. The second-order valence-electron chi connectivity index (χ2n) is 28.2. The Kier molecular flexibility index (Phi) is 52.0. The van der Waals surface area contributed by atoms with Gasteiger partial charge in [0.15, 0.2) is 18.7 Å². The summed E-state index contributed by atoms with van der Waals surface area (Å²) in [5.74, 6) is -2.21. The first-order valence-corrected chi connectivity index (χ1v) is 40.7. The van der Waals surface area contributed by atoms with Gasteiger partial charge in [-0.25, -0.2) is 9.36 Å². The number of ether oxygens (including phenoxy) is 7. The third-order valence-electron chi connectivity index (χ3n) is 19.3. The highest BCUT2D eigenvalue weighted by atomic mass is 31.2. The molecule has 2 saturated heterocycles. The summed E-state index contributed by atoms with van der Waals surface area (Å²) in [5, 5.41) is 110. The van der Waals surface area contributed by atoms with Gasteiger partial charge in [0.2, 0.25) is 0 Å². The van der Waals surface area contributed by atoms with E-state index in [0.717, 1.165) is 96.0 Å². The van der Waals surface area contributed by atoms with Crippen molar-refractivity contribution in [2.75, 3.05) is 26.4 Å². The van der Waals surface area contributed by atoms with Gasteiger partial charge in [-0.05, 0) is 25.7 Å². The van der Waals surface area contributed by atoms with Crippen molar-refractivity contribution in [2.24, 2.45) is 0 Å². The molecule has 0 radical (unpaired) electrons. The molecule has 2 aliphatic heterocycles. The second-order valence-corrected chi connectivity index (χ2v) is 29.6. The van der Waals surface area contributed by atoms with Crippen LogP contribution in [0.25, 0.3) is 0 Å². The van der Waals surface area contributed by atoms with E-state index in [0.29, 0.717) is 12.8 Å². The summed E-state index contributed by atoms with van der Waals surface area (Å²) < 4.78 is 64.9. The summed E-state index contributed by atoms with van der Waals surface area (Å²) in [6.07, 6.45) is 18.6. The van der Waals surface area contributed by atoms with E-state index in [1.54, 1.807) is 6.08 Å². The minimum absolute atomic E-state index is 0.0379. The lowest BCUT2D eigenvalue weighted by atomic mass is 9.84. The molecule has 2 heterocycles. The first-order valence-electron chi connectivity index (χ1n) is 39.2. The third-order valence-corrected chi connectivity index (χ3v) is 20.3. The molecule has 3 rings (SSSR count). The normalized spacial score (nSPS) is 27.4. The average Bonchev–Trinajstić information content (AvgIpc) is 0.762. The highest BCUT2D eigenvalue weighted by molar-refractivity contribution is 7.47. The monoisotopic (exact) mass is 1450 g/mol. The summed E-state index contributed by atoms with van der Waals surface area (Å²) in [6.45, 7) is 3.39. The topological polar surface area (TPSA) is 374 Å². The molecule has 11 N–H and O–H groups in total. The van der Waals surface area contributed by atoms with Crippen molar-refractivity contribution < 1.29 is 117 Å². The Hall–Kier alpha value is -2.56. The van der Waals surface area contributed by atoms with Gasteiger partial charge >= 0.3 is 25.7 Å². The predicted octanol–water partition coefficient (Wildman–Crippen LogP) is 11.3. The lowest BCUT2D eigenvalue weighted by Gasteiger charge is -2.49. The third kappa shape index (κ3) is 39.2. The molecule has 1 saturated carbocycles. The van der Waals surface area contributed by atoms with Gasteiger partial charge in [-0.2, -0.15) is 0 Å². The largest absolute Gasteiger partial charge is 0.472 e. The van der Waals surface area contributed by atoms with E-state index < -0.39 is 156 Å². The number of phosphoric acid groups is 1. The van der Waals surface area contributed by atoms with Crippen molar-refractivity contribution >= 4 is 25.7 Å². The fourth-order valence-corrected chi connectivity index (χ4v) is 13.9. The number of aliphatic hydroxyl groups excluding tert-OH is 10. The van der Waals surface area contributed by atoms with Crippen molar-refractivity contribution in [1.29, 1.82) is 0 Å². The Labute approximate surface area is 598 Å². The highest BCUT2D eigenvalue weighted by Crippen LogP contribution is 2.49. The fraction of sp³-hybridized carbons (Fsp3) is 0.907. The Morgan fingerprint density at radius 3 is 1.18 bits per heavy atom. The van der Waals surface area contributed by atoms with Crippen LogP contribution >= 0.6 is 7.82 Å². The fourth-order valence-electron chi connectivity index (χ4n) is 13.0. The average molecular weight is 1450 g/mol. The summed E-state index contributed by atoms with van der Waals surface area (Å²) in [7, 11) is -5.70. The van der Waals surface area contributed by atoms with Crippen LogP contribution in [0.5, 0.6) is 0 Å². The molecule has 3 aliphatic rings. The summed E-state index contributed by atoms with van der Waals surface area (Å²) >= 11 is 0. The van der Waals surface area contributed by atoms with Gasteiger partial charge in [0.25, 0.3) is 0 Å². The molecule has 1 aliphatic carbocycles. The molecular formula is C75H137O24P. The highest BCUT2D eigenvalue weighted by Gasteiger charge is 2.58. The second kappa shape index (κ2) is 56.7. The lowest BCUT2D eigenvalue weighted by molar-refractivity contribution is -0.360. The van der Waals surface area contributed by atoms with Crippen LogP contribution in [0.1, 0.15) is 303 Å². The van der Waals surface area contributed by atoms with Crippen LogP contribution in [-0.2, 0) is 61.2 Å². The zero-order valence-electron chi connectivity index (χ0n) is 61.2. The van der Waals surface area contributed by atoms with Crippen molar-refractivity contribution in [1.82, 2.24) is 0 Å². The van der Waals surface area contributed by atoms with Crippen LogP contribution in [-0.4, -0.2) is 204 Å². The number of hydrogen-bond acceptors (Lipinski definition) is 23. The number of hydrogen-bond donors (Lipinski definition) is 11. The Bertz CT molecular complexity index is 2160. The van der Waals surface area contributed by atoms with E-state index in [1.165, 1.54) is 173 Å². The van der Waals surface area contributed by atoms with Gasteiger partial charge in [0.05, 0.1) is 13.2 Å². The molecule has 586 valence electrons. The molecule has 25 heteroatoms. The SMILES string of the molecule is CCCCCCCCCCCCC/C=C/C=C/C(=O)OCC1OC(OC2C(O)C(O)C(O)C(OC3OC(CO)C(O)C(O)C3O)C2OP(=O)(O)OCC(COC(=O)CCCCCCCCCCCCCCC)OC(=O)CCCCCCCCCCCCCCCCCCC)C(O)C(O)C1O. The van der Waals surface area contributed by atoms with E-state index in [-0.39, 0.29) is 12.8 Å². The van der Waals surface area contributed by atoms with Crippen molar-refractivity contribution in [3.05, 3.63) is 24.3 Å². The van der Waals surface area contributed by atoms with Crippen LogP contribution in [0.3, 0.4) is 0 Å². The lowest BCUT2D eigenvalue weighted by Crippen LogP contribution is -2.69. The molecule has 100 heavy (non-hydrogen) atoms. The summed E-state index contributed by atoms with van der Waals surface area (Å²) in [5.41, 5.74) is 0. The van der Waals surface area contributed by atoms with Crippen molar-refractivity contribution in [3.63, 3.8) is 0 Å². The molecule has 0 aromatic carbocycles. The molecule has 0 aromatic heterocycles. The molecule has 3 fully saturated rings. The smallest absolute Gasteiger partial charge is 0.462 e. The van der Waals surface area contributed by atoms with E-state index >= 15 is 0 Å². The van der Waals surface area contributed by atoms with Crippen LogP contribution in [0, 0.1) is 0 Å². The molecule has 18 unspecified atom stereocenters. The Morgan fingerprint density at radius 1 is 0.410 bits per heavy atom. The zero-order valence-corrected chi connectivity index (χ0v) is 62.1. The van der Waals surface area contributed by atoms with Crippen LogP contribution < -0.4 is 0 Å². The number of unbranched alkanes of at least 4 members (excludes halogenated alkanes) is 39. The summed E-state index contributed by atoms with van der Waals surface area (Å²) in [4.78, 5) is 50.9. The van der Waals surface area contributed by atoms with E-state index in [1.807, 2.05) is 6.08 Å². The van der Waals surface area contributed by atoms with E-state index in [2.05, 4.69) is 20.8 Å². The Morgan fingerprint density at radius 2 is 0.770 bits per heavy atom. The van der Waals surface area contributed by atoms with Crippen LogP contribution in [0.4, 0.5) is 0 Å². The molecular weight excluding hydrogens is 1320 g/mol. The first-order chi connectivity index (χ1) is 48.3. The van der Waals surface area contributed by atoms with Gasteiger partial charge in [0.1, 0.15) is 98.7 Å². The van der Waals surface area contributed by atoms with Crippen molar-refractivity contribution in [2.45, 2.75) is 407 Å². The first kappa shape index (κ1) is 91.6.